The van der Waals surface area contributed by atoms with Crippen LogP contribution < -0.4 is 10.1 Å². The van der Waals surface area contributed by atoms with Gasteiger partial charge in [0, 0.05) is 24.2 Å². The van der Waals surface area contributed by atoms with Crippen molar-refractivity contribution in [3.63, 3.8) is 0 Å². The molecule has 0 aliphatic rings. The van der Waals surface area contributed by atoms with Gasteiger partial charge in [-0.15, -0.1) is 0 Å². The lowest BCUT2D eigenvalue weighted by Crippen LogP contribution is -2.02. The van der Waals surface area contributed by atoms with Crippen molar-refractivity contribution in [3.8, 4) is 5.75 Å². The van der Waals surface area contributed by atoms with Gasteiger partial charge in [0.1, 0.15) is 11.6 Å². The standard InChI is InChI=1S/C12H13N3O2/c1-14-12-10(6-13)9-5-8(17-2)3-4-11(9)15(12)7-16/h3-7,13-14H,1-2H3. The number of carbonyl (C=O) groups excluding carboxylic acids is 1. The molecule has 0 saturated heterocycles. The molecule has 0 atom stereocenters. The van der Waals surface area contributed by atoms with Gasteiger partial charge in [-0.25, -0.2) is 0 Å². The molecule has 1 aromatic heterocycles. The van der Waals surface area contributed by atoms with E-state index in [-0.39, 0.29) is 0 Å². The number of nitrogens with one attached hydrogen (secondary N) is 2. The van der Waals surface area contributed by atoms with Gasteiger partial charge in [0.15, 0.2) is 0 Å². The van der Waals surface area contributed by atoms with Crippen LogP contribution in [0.3, 0.4) is 0 Å². The van der Waals surface area contributed by atoms with Crippen molar-refractivity contribution in [1.29, 1.82) is 5.41 Å². The van der Waals surface area contributed by atoms with Crippen LogP contribution in [0.25, 0.3) is 10.9 Å². The van der Waals surface area contributed by atoms with Crippen LogP contribution in [-0.4, -0.2) is 31.3 Å². The number of aromatic nitrogens is 1. The van der Waals surface area contributed by atoms with E-state index in [1.54, 1.807) is 26.3 Å². The maximum Gasteiger partial charge on any atom is 0.219 e. The fraction of sp³-hybridized carbons (Fsp3) is 0.167. The Labute approximate surface area is 98.5 Å². The third-order valence-corrected chi connectivity index (χ3v) is 2.74. The fourth-order valence-corrected chi connectivity index (χ4v) is 1.96. The first-order valence-electron chi connectivity index (χ1n) is 5.12. The number of hydrogen-bond acceptors (Lipinski definition) is 4. The summed E-state index contributed by atoms with van der Waals surface area (Å²) in [5, 5.41) is 11.2. The Hall–Kier alpha value is -2.30. The van der Waals surface area contributed by atoms with Gasteiger partial charge in [0.25, 0.3) is 0 Å². The van der Waals surface area contributed by atoms with Gasteiger partial charge in [-0.3, -0.25) is 9.36 Å². The van der Waals surface area contributed by atoms with Crippen molar-refractivity contribution >= 4 is 29.3 Å². The number of rotatable bonds is 4. The molecule has 2 rings (SSSR count). The molecule has 0 unspecified atom stereocenters. The first-order valence-corrected chi connectivity index (χ1v) is 5.12. The fourth-order valence-electron chi connectivity index (χ4n) is 1.96. The van der Waals surface area contributed by atoms with Crippen molar-refractivity contribution < 1.29 is 9.53 Å². The first-order chi connectivity index (χ1) is 8.26. The zero-order valence-corrected chi connectivity index (χ0v) is 9.65. The summed E-state index contributed by atoms with van der Waals surface area (Å²) in [6.45, 7) is 0. The molecule has 1 heterocycles. The average Bonchev–Trinajstić information content (AvgIpc) is 2.69. The van der Waals surface area contributed by atoms with Crippen LogP contribution in [0.15, 0.2) is 18.2 Å². The SMILES string of the molecule is CNc1c(C=N)c2cc(OC)ccc2n1C=O. The number of hydrogen-bond donors (Lipinski definition) is 2. The Kier molecular flexibility index (Phi) is 2.82. The lowest BCUT2D eigenvalue weighted by atomic mass is 10.1. The Morgan fingerprint density at radius 2 is 2.24 bits per heavy atom. The molecule has 0 aliphatic carbocycles. The third kappa shape index (κ3) is 1.56. The van der Waals surface area contributed by atoms with Crippen molar-refractivity contribution in [1.82, 2.24) is 4.57 Å². The number of anilines is 1. The summed E-state index contributed by atoms with van der Waals surface area (Å²) in [6.07, 6.45) is 1.96. The normalized spacial score (nSPS) is 10.2. The van der Waals surface area contributed by atoms with Gasteiger partial charge in [0.05, 0.1) is 12.6 Å². The molecular weight excluding hydrogens is 218 g/mol. The zero-order chi connectivity index (χ0) is 12.4. The van der Waals surface area contributed by atoms with E-state index in [0.29, 0.717) is 17.1 Å². The minimum atomic E-state index is 0.609. The van der Waals surface area contributed by atoms with E-state index in [1.807, 2.05) is 6.07 Å². The van der Waals surface area contributed by atoms with E-state index in [0.717, 1.165) is 17.3 Å². The van der Waals surface area contributed by atoms with Gasteiger partial charge in [0.2, 0.25) is 6.41 Å². The number of methoxy groups -OCH3 is 1. The number of carbonyl (C=O) groups is 1. The summed E-state index contributed by atoms with van der Waals surface area (Å²) in [4.78, 5) is 11.1. The molecule has 5 nitrogen and oxygen atoms in total. The van der Waals surface area contributed by atoms with E-state index >= 15 is 0 Å². The molecule has 0 radical (unpaired) electrons. The monoisotopic (exact) mass is 231 g/mol. The van der Waals surface area contributed by atoms with Crippen LogP contribution in [0.5, 0.6) is 5.75 Å². The lowest BCUT2D eigenvalue weighted by molar-refractivity contribution is 0.415. The van der Waals surface area contributed by atoms with Crippen molar-refractivity contribution in [2.75, 3.05) is 19.5 Å². The highest BCUT2D eigenvalue weighted by Crippen LogP contribution is 2.30. The van der Waals surface area contributed by atoms with E-state index in [4.69, 9.17) is 10.1 Å². The molecule has 5 heteroatoms. The largest absolute Gasteiger partial charge is 0.497 e. The second kappa shape index (κ2) is 4.29. The number of benzene rings is 1. The van der Waals surface area contributed by atoms with Crippen LogP contribution in [0.2, 0.25) is 0 Å². The highest BCUT2D eigenvalue weighted by Gasteiger charge is 2.14. The highest BCUT2D eigenvalue weighted by atomic mass is 16.5. The van der Waals surface area contributed by atoms with Gasteiger partial charge in [-0.05, 0) is 18.2 Å². The van der Waals surface area contributed by atoms with E-state index in [9.17, 15) is 4.79 Å². The number of ether oxygens (including phenoxy) is 1. The Morgan fingerprint density at radius 3 is 2.76 bits per heavy atom. The summed E-state index contributed by atoms with van der Waals surface area (Å²) in [6, 6.07) is 5.41. The van der Waals surface area contributed by atoms with E-state index < -0.39 is 0 Å². The van der Waals surface area contributed by atoms with Crippen LogP contribution in [0.1, 0.15) is 5.56 Å². The summed E-state index contributed by atoms with van der Waals surface area (Å²) in [5.41, 5.74) is 1.43. The third-order valence-electron chi connectivity index (χ3n) is 2.74. The second-order valence-electron chi connectivity index (χ2n) is 3.52. The lowest BCUT2D eigenvalue weighted by Gasteiger charge is -2.01. The summed E-state index contributed by atoms with van der Waals surface area (Å²) < 4.78 is 6.63. The highest BCUT2D eigenvalue weighted by molar-refractivity contribution is 6.07. The minimum absolute atomic E-state index is 0.609. The molecule has 88 valence electrons. The average molecular weight is 231 g/mol. The minimum Gasteiger partial charge on any atom is -0.497 e. The number of fused-ring (bicyclic) bond motifs is 1. The molecule has 2 aromatic rings. The second-order valence-corrected chi connectivity index (χ2v) is 3.52. The number of nitrogens with zero attached hydrogens (tertiary/aromatic N) is 1. The molecule has 0 aliphatic heterocycles. The molecule has 0 fully saturated rings. The summed E-state index contributed by atoms with van der Waals surface area (Å²) >= 11 is 0. The molecule has 17 heavy (non-hydrogen) atoms. The van der Waals surface area contributed by atoms with Gasteiger partial charge in [-0.2, -0.15) is 0 Å². The predicted molar refractivity (Wildman–Crippen MR) is 68.1 cm³/mol. The van der Waals surface area contributed by atoms with Crippen molar-refractivity contribution in [3.05, 3.63) is 23.8 Å². The Morgan fingerprint density at radius 1 is 1.47 bits per heavy atom. The van der Waals surface area contributed by atoms with Crippen LogP contribution in [0, 0.1) is 5.41 Å². The molecule has 0 saturated carbocycles. The van der Waals surface area contributed by atoms with Gasteiger partial charge < -0.3 is 15.5 Å². The molecule has 0 spiro atoms. The van der Waals surface area contributed by atoms with Gasteiger partial charge >= 0.3 is 0 Å². The molecule has 1 aromatic carbocycles. The maximum absolute atomic E-state index is 11.1. The van der Waals surface area contributed by atoms with Crippen LogP contribution in [-0.2, 0) is 4.79 Å². The Bertz CT molecular complexity index is 587. The zero-order valence-electron chi connectivity index (χ0n) is 9.65. The molecule has 0 amide bonds. The maximum atomic E-state index is 11.1. The Balaban J connectivity index is 2.88. The van der Waals surface area contributed by atoms with Crippen LogP contribution >= 0.6 is 0 Å². The van der Waals surface area contributed by atoms with Crippen molar-refractivity contribution in [2.45, 2.75) is 0 Å². The van der Waals surface area contributed by atoms with Crippen molar-refractivity contribution in [2.24, 2.45) is 0 Å². The van der Waals surface area contributed by atoms with E-state index in [2.05, 4.69) is 5.32 Å². The molecule has 2 N–H and O–H groups in total. The van der Waals surface area contributed by atoms with Crippen LogP contribution in [0.4, 0.5) is 5.82 Å². The quantitative estimate of drug-likeness (QED) is 0.622. The molecular formula is C12H13N3O2. The first kappa shape index (κ1) is 11.2. The van der Waals surface area contributed by atoms with Gasteiger partial charge in [-0.1, -0.05) is 0 Å². The predicted octanol–water partition coefficient (Wildman–Crippen LogP) is 1.73. The van der Waals surface area contributed by atoms with E-state index in [1.165, 1.54) is 10.8 Å². The molecule has 0 bridgehead atoms. The smallest absolute Gasteiger partial charge is 0.219 e. The summed E-state index contributed by atoms with van der Waals surface area (Å²) in [5.74, 6) is 1.31. The topological polar surface area (TPSA) is 67.1 Å². The summed E-state index contributed by atoms with van der Waals surface area (Å²) in [7, 11) is 3.30.